The van der Waals surface area contributed by atoms with Crippen LogP contribution in [0.1, 0.15) is 57.9 Å². The Morgan fingerprint density at radius 2 is 1.84 bits per heavy atom. The van der Waals surface area contributed by atoms with Crippen LogP contribution < -0.4 is 20.9 Å². The molecule has 0 aliphatic carbocycles. The van der Waals surface area contributed by atoms with E-state index in [4.69, 9.17) is 14.2 Å². The third-order valence-electron chi connectivity index (χ3n) is 4.86. The summed E-state index contributed by atoms with van der Waals surface area (Å²) in [7, 11) is 0. The van der Waals surface area contributed by atoms with Crippen molar-refractivity contribution in [2.75, 3.05) is 31.2 Å². The van der Waals surface area contributed by atoms with Crippen LogP contribution in [0.2, 0.25) is 0 Å². The standard InChI is InChI=1S/C24H35N5O7S/c1-7-34-13-17(21(32)35-8-2)27-19(30)15(3)25-20(31)18-14-37-22(28-18)29-11-9-16(10-12-29)26-23(33)36-24(4,5)6/h13-14,16H,3,7-12H2,1-2,4-6H3,(H,25,31)(H,26,33)(H,27,30). The van der Waals surface area contributed by atoms with Crippen molar-refractivity contribution in [3.63, 3.8) is 0 Å². The molecule has 37 heavy (non-hydrogen) atoms. The minimum atomic E-state index is -0.803. The predicted molar refractivity (Wildman–Crippen MR) is 138 cm³/mol. The number of aromatic nitrogens is 1. The number of nitrogens with zero attached hydrogens (tertiary/aromatic N) is 2. The van der Waals surface area contributed by atoms with Gasteiger partial charge in [0.15, 0.2) is 10.8 Å². The first-order chi connectivity index (χ1) is 17.4. The summed E-state index contributed by atoms with van der Waals surface area (Å²) in [6.45, 7) is 14.0. The Balaban J connectivity index is 1.88. The van der Waals surface area contributed by atoms with Gasteiger partial charge in [-0.15, -0.1) is 11.3 Å². The van der Waals surface area contributed by atoms with Gasteiger partial charge >= 0.3 is 12.1 Å². The van der Waals surface area contributed by atoms with E-state index in [2.05, 4.69) is 27.5 Å². The molecule has 3 N–H and O–H groups in total. The van der Waals surface area contributed by atoms with E-state index in [0.29, 0.717) is 31.1 Å². The normalized spacial score (nSPS) is 14.4. The molecule has 2 rings (SSSR count). The second kappa shape index (κ2) is 13.6. The van der Waals surface area contributed by atoms with Crippen LogP contribution in [0.3, 0.4) is 0 Å². The third kappa shape index (κ3) is 9.75. The molecule has 3 amide bonds. The van der Waals surface area contributed by atoms with Crippen LogP contribution in [0, 0.1) is 0 Å². The molecular formula is C24H35N5O7S. The number of esters is 1. The molecule has 0 atom stereocenters. The Hall–Kier alpha value is -3.61. The molecule has 1 fully saturated rings. The van der Waals surface area contributed by atoms with Crippen LogP contribution >= 0.6 is 11.3 Å². The highest BCUT2D eigenvalue weighted by Crippen LogP contribution is 2.24. The zero-order chi connectivity index (χ0) is 27.6. The van der Waals surface area contributed by atoms with Gasteiger partial charge < -0.3 is 35.1 Å². The van der Waals surface area contributed by atoms with Crippen molar-refractivity contribution in [1.82, 2.24) is 20.9 Å². The maximum absolute atomic E-state index is 12.6. The van der Waals surface area contributed by atoms with Crippen molar-refractivity contribution in [2.24, 2.45) is 0 Å². The van der Waals surface area contributed by atoms with E-state index in [-0.39, 0.29) is 36.3 Å². The summed E-state index contributed by atoms with van der Waals surface area (Å²) >= 11 is 1.30. The van der Waals surface area contributed by atoms with Crippen molar-refractivity contribution in [3.05, 3.63) is 35.3 Å². The molecule has 1 aliphatic rings. The Kier molecular flexibility index (Phi) is 10.9. The maximum atomic E-state index is 12.6. The summed E-state index contributed by atoms with van der Waals surface area (Å²) in [6, 6.07) is -0.00746. The first-order valence-electron chi connectivity index (χ1n) is 11.9. The number of alkyl carbamates (subject to hydrolysis) is 1. The fourth-order valence-electron chi connectivity index (χ4n) is 3.16. The molecule has 1 aromatic heterocycles. The lowest BCUT2D eigenvalue weighted by Crippen LogP contribution is -2.46. The number of anilines is 1. The Morgan fingerprint density at radius 3 is 2.43 bits per heavy atom. The summed E-state index contributed by atoms with van der Waals surface area (Å²) < 4.78 is 15.2. The molecule has 2 heterocycles. The van der Waals surface area contributed by atoms with Crippen LogP contribution in [0.4, 0.5) is 9.93 Å². The van der Waals surface area contributed by atoms with Crippen molar-refractivity contribution in [2.45, 2.75) is 59.1 Å². The van der Waals surface area contributed by atoms with Crippen LogP contribution in [-0.4, -0.2) is 66.8 Å². The van der Waals surface area contributed by atoms with E-state index >= 15 is 0 Å². The highest BCUT2D eigenvalue weighted by Gasteiger charge is 2.26. The van der Waals surface area contributed by atoms with Crippen LogP contribution in [-0.2, 0) is 23.8 Å². The molecule has 0 bridgehead atoms. The SMILES string of the molecule is C=C(NC(=O)c1csc(N2CCC(NC(=O)OC(C)(C)C)CC2)n1)C(=O)NC(=COCC)C(=O)OCC. The monoisotopic (exact) mass is 537 g/mol. The number of piperidine rings is 1. The zero-order valence-corrected chi connectivity index (χ0v) is 22.7. The van der Waals surface area contributed by atoms with Gasteiger partial charge in [-0.2, -0.15) is 0 Å². The first-order valence-corrected chi connectivity index (χ1v) is 12.8. The summed E-state index contributed by atoms with van der Waals surface area (Å²) in [6.07, 6.45) is 2.04. The largest absolute Gasteiger partial charge is 0.499 e. The first kappa shape index (κ1) is 29.6. The van der Waals surface area contributed by atoms with E-state index in [1.54, 1.807) is 19.2 Å². The van der Waals surface area contributed by atoms with E-state index in [1.165, 1.54) is 11.3 Å². The van der Waals surface area contributed by atoms with Gasteiger partial charge in [0.2, 0.25) is 0 Å². The Bertz CT molecular complexity index is 1020. The van der Waals surface area contributed by atoms with E-state index in [1.807, 2.05) is 25.7 Å². The van der Waals surface area contributed by atoms with Gasteiger partial charge in [0.25, 0.3) is 11.8 Å². The van der Waals surface area contributed by atoms with Crippen molar-refractivity contribution >= 4 is 40.3 Å². The highest BCUT2D eigenvalue weighted by molar-refractivity contribution is 7.13. The number of ether oxygens (including phenoxy) is 3. The summed E-state index contributed by atoms with van der Waals surface area (Å²) in [5.41, 5.74) is -0.929. The number of amides is 3. The number of carbonyl (C=O) groups is 4. The molecule has 0 unspecified atom stereocenters. The number of thiazole rings is 1. The number of rotatable bonds is 10. The van der Waals surface area contributed by atoms with Crippen LogP contribution in [0.25, 0.3) is 0 Å². The minimum Gasteiger partial charge on any atom is -0.499 e. The average molecular weight is 538 g/mol. The molecule has 13 heteroatoms. The lowest BCUT2D eigenvalue weighted by atomic mass is 10.1. The minimum absolute atomic E-state index is 0.00746. The second-order valence-corrected chi connectivity index (χ2v) is 9.85. The molecule has 1 aliphatic heterocycles. The fourth-order valence-corrected chi connectivity index (χ4v) is 4.02. The molecule has 204 valence electrons. The molecule has 0 aromatic carbocycles. The molecular weight excluding hydrogens is 502 g/mol. The van der Waals surface area contributed by atoms with Crippen molar-refractivity contribution in [3.8, 4) is 0 Å². The van der Waals surface area contributed by atoms with E-state index in [0.717, 1.165) is 6.26 Å². The smallest absolute Gasteiger partial charge is 0.407 e. The summed E-state index contributed by atoms with van der Waals surface area (Å²) in [4.78, 5) is 55.4. The molecule has 0 spiro atoms. The van der Waals surface area contributed by atoms with Gasteiger partial charge in [0.1, 0.15) is 17.6 Å². The topological polar surface area (TPSA) is 148 Å². The maximum Gasteiger partial charge on any atom is 0.407 e. The van der Waals surface area contributed by atoms with E-state index < -0.39 is 29.5 Å². The van der Waals surface area contributed by atoms with Gasteiger partial charge in [-0.1, -0.05) is 6.58 Å². The summed E-state index contributed by atoms with van der Waals surface area (Å²) in [5.74, 6) is -2.20. The molecule has 12 nitrogen and oxygen atoms in total. The average Bonchev–Trinajstić information content (AvgIpc) is 3.31. The van der Waals surface area contributed by atoms with Gasteiger partial charge in [0.05, 0.1) is 18.9 Å². The van der Waals surface area contributed by atoms with Gasteiger partial charge in [0, 0.05) is 24.5 Å². The lowest BCUT2D eigenvalue weighted by Gasteiger charge is -2.32. The number of carbonyl (C=O) groups excluding carboxylic acids is 4. The van der Waals surface area contributed by atoms with Gasteiger partial charge in [-0.05, 0) is 47.5 Å². The van der Waals surface area contributed by atoms with Crippen LogP contribution in [0.15, 0.2) is 29.6 Å². The predicted octanol–water partition coefficient (Wildman–Crippen LogP) is 2.44. The number of hydrogen-bond acceptors (Lipinski definition) is 10. The molecule has 1 aromatic rings. The van der Waals surface area contributed by atoms with Crippen LogP contribution in [0.5, 0.6) is 0 Å². The lowest BCUT2D eigenvalue weighted by molar-refractivity contribution is -0.140. The van der Waals surface area contributed by atoms with Gasteiger partial charge in [-0.25, -0.2) is 14.6 Å². The Morgan fingerprint density at radius 1 is 1.16 bits per heavy atom. The van der Waals surface area contributed by atoms with Crippen molar-refractivity contribution < 1.29 is 33.4 Å². The second-order valence-electron chi connectivity index (χ2n) is 9.02. The molecule has 0 radical (unpaired) electrons. The Labute approximate surface area is 220 Å². The summed E-state index contributed by atoms with van der Waals surface area (Å²) in [5, 5.41) is 9.83. The number of nitrogens with one attached hydrogen (secondary N) is 3. The number of hydrogen-bond donors (Lipinski definition) is 3. The zero-order valence-electron chi connectivity index (χ0n) is 21.8. The fraction of sp³-hybridized carbons (Fsp3) is 0.542. The van der Waals surface area contributed by atoms with Gasteiger partial charge in [-0.3, -0.25) is 9.59 Å². The van der Waals surface area contributed by atoms with Crippen molar-refractivity contribution in [1.29, 1.82) is 0 Å². The molecule has 0 saturated carbocycles. The third-order valence-corrected chi connectivity index (χ3v) is 5.76. The highest BCUT2D eigenvalue weighted by atomic mass is 32.1. The quantitative estimate of drug-likeness (QED) is 0.232. The van der Waals surface area contributed by atoms with E-state index in [9.17, 15) is 19.2 Å². The molecule has 1 saturated heterocycles.